The molecule has 0 saturated carbocycles. The molecule has 0 spiro atoms. The highest BCUT2D eigenvalue weighted by atomic mass is 16.5. The van der Waals surface area contributed by atoms with Crippen molar-refractivity contribution in [1.29, 1.82) is 0 Å². The third-order valence-electron chi connectivity index (χ3n) is 4.15. The Hall–Kier alpha value is -1.81. The van der Waals surface area contributed by atoms with E-state index in [1.54, 1.807) is 12.5 Å². The predicted molar refractivity (Wildman–Crippen MR) is 83.9 cm³/mol. The van der Waals surface area contributed by atoms with E-state index in [0.717, 1.165) is 37.4 Å². The first-order valence-electron chi connectivity index (χ1n) is 7.71. The van der Waals surface area contributed by atoms with Crippen LogP contribution >= 0.6 is 0 Å². The molecule has 1 aromatic heterocycles. The number of likely N-dealkylation sites (tertiary alicyclic amines) is 1. The largest absolute Gasteiger partial charge is 0.490 e. The van der Waals surface area contributed by atoms with Crippen molar-refractivity contribution >= 4 is 0 Å². The van der Waals surface area contributed by atoms with Gasteiger partial charge in [-0.3, -0.25) is 0 Å². The number of ether oxygens (including phenoxy) is 1. The molecule has 0 atom stereocenters. The van der Waals surface area contributed by atoms with Gasteiger partial charge >= 0.3 is 0 Å². The third-order valence-corrected chi connectivity index (χ3v) is 4.15. The Balaban J connectivity index is 1.57. The fraction of sp³-hybridized carbons (Fsp3) is 0.471. The maximum absolute atomic E-state index is 6.10. The minimum absolute atomic E-state index is 0.346. The summed E-state index contributed by atoms with van der Waals surface area (Å²) in [6, 6.07) is 8.87. The van der Waals surface area contributed by atoms with E-state index < -0.39 is 0 Å². The monoisotopic (exact) mass is 285 g/mol. The number of piperidine rings is 1. The molecule has 4 heteroatoms. The van der Waals surface area contributed by atoms with Gasteiger partial charge in [-0.05, 0) is 51.0 Å². The van der Waals surface area contributed by atoms with Gasteiger partial charge in [-0.1, -0.05) is 0 Å². The van der Waals surface area contributed by atoms with E-state index in [-0.39, 0.29) is 0 Å². The molecule has 0 N–H and O–H groups in total. The normalized spacial score (nSPS) is 17.3. The fourth-order valence-electron chi connectivity index (χ4n) is 2.81. The van der Waals surface area contributed by atoms with Crippen LogP contribution in [0.5, 0.6) is 5.75 Å². The highest BCUT2D eigenvalue weighted by Crippen LogP contribution is 2.21. The SMILES string of the molecule is CC(C)N1CCC(Oc2ccc(-n3ccnc3)cc2)CC1. The van der Waals surface area contributed by atoms with Crippen LogP contribution in [0.25, 0.3) is 5.69 Å². The van der Waals surface area contributed by atoms with E-state index >= 15 is 0 Å². The van der Waals surface area contributed by atoms with Crippen molar-refractivity contribution in [3.05, 3.63) is 43.0 Å². The van der Waals surface area contributed by atoms with Crippen molar-refractivity contribution in [3.8, 4) is 11.4 Å². The summed E-state index contributed by atoms with van der Waals surface area (Å²) >= 11 is 0. The Morgan fingerprint density at radius 2 is 1.86 bits per heavy atom. The Morgan fingerprint density at radius 1 is 1.14 bits per heavy atom. The Morgan fingerprint density at radius 3 is 2.43 bits per heavy atom. The average Bonchev–Trinajstić information content (AvgIpc) is 3.03. The average molecular weight is 285 g/mol. The standard InChI is InChI=1S/C17H23N3O/c1-14(2)19-10-7-17(8-11-19)21-16-5-3-15(4-6-16)20-12-9-18-13-20/h3-6,9,12-14,17H,7-8,10-11H2,1-2H3. The lowest BCUT2D eigenvalue weighted by Gasteiger charge is -2.34. The molecule has 2 aromatic rings. The molecule has 1 aliphatic rings. The minimum Gasteiger partial charge on any atom is -0.490 e. The molecule has 1 saturated heterocycles. The van der Waals surface area contributed by atoms with Crippen molar-refractivity contribution in [2.75, 3.05) is 13.1 Å². The second-order valence-corrected chi connectivity index (χ2v) is 5.91. The van der Waals surface area contributed by atoms with Gasteiger partial charge in [0.1, 0.15) is 11.9 Å². The summed E-state index contributed by atoms with van der Waals surface area (Å²) in [6.07, 6.45) is 8.10. The van der Waals surface area contributed by atoms with Crippen molar-refractivity contribution in [2.24, 2.45) is 0 Å². The van der Waals surface area contributed by atoms with Crippen LogP contribution in [0.1, 0.15) is 26.7 Å². The number of benzene rings is 1. The zero-order valence-corrected chi connectivity index (χ0v) is 12.8. The van der Waals surface area contributed by atoms with Gasteiger partial charge in [0, 0.05) is 37.2 Å². The molecule has 1 aromatic carbocycles. The first-order chi connectivity index (χ1) is 10.2. The topological polar surface area (TPSA) is 30.3 Å². The van der Waals surface area contributed by atoms with Gasteiger partial charge in [0.15, 0.2) is 0 Å². The first-order valence-corrected chi connectivity index (χ1v) is 7.71. The molecule has 0 bridgehead atoms. The Kier molecular flexibility index (Phi) is 4.25. The van der Waals surface area contributed by atoms with Gasteiger partial charge in [0.2, 0.25) is 0 Å². The molecule has 0 aliphatic carbocycles. The second-order valence-electron chi connectivity index (χ2n) is 5.91. The lowest BCUT2D eigenvalue weighted by molar-refractivity contribution is 0.0843. The van der Waals surface area contributed by atoms with Gasteiger partial charge < -0.3 is 14.2 Å². The number of hydrogen-bond donors (Lipinski definition) is 0. The van der Waals surface area contributed by atoms with E-state index in [9.17, 15) is 0 Å². The first kappa shape index (κ1) is 14.1. The van der Waals surface area contributed by atoms with Gasteiger partial charge in [-0.25, -0.2) is 4.98 Å². The van der Waals surface area contributed by atoms with Crippen LogP contribution in [0.2, 0.25) is 0 Å². The van der Waals surface area contributed by atoms with E-state index in [1.807, 2.05) is 22.9 Å². The molecular weight excluding hydrogens is 262 g/mol. The van der Waals surface area contributed by atoms with E-state index in [2.05, 4.69) is 35.9 Å². The zero-order valence-electron chi connectivity index (χ0n) is 12.8. The number of aromatic nitrogens is 2. The summed E-state index contributed by atoms with van der Waals surface area (Å²) in [4.78, 5) is 6.58. The smallest absolute Gasteiger partial charge is 0.119 e. The molecule has 0 unspecified atom stereocenters. The highest BCUT2D eigenvalue weighted by molar-refractivity contribution is 5.37. The van der Waals surface area contributed by atoms with Crippen molar-refractivity contribution < 1.29 is 4.74 Å². The summed E-state index contributed by atoms with van der Waals surface area (Å²) in [5, 5.41) is 0. The molecule has 0 amide bonds. The lowest BCUT2D eigenvalue weighted by Crippen LogP contribution is -2.41. The van der Waals surface area contributed by atoms with Crippen molar-refractivity contribution in [1.82, 2.24) is 14.5 Å². The van der Waals surface area contributed by atoms with Crippen LogP contribution in [0.15, 0.2) is 43.0 Å². The number of imidazole rings is 1. The van der Waals surface area contributed by atoms with E-state index in [4.69, 9.17) is 4.74 Å². The van der Waals surface area contributed by atoms with Crippen molar-refractivity contribution in [2.45, 2.75) is 38.8 Å². The zero-order chi connectivity index (χ0) is 14.7. The van der Waals surface area contributed by atoms with Crippen LogP contribution in [0.3, 0.4) is 0 Å². The highest BCUT2D eigenvalue weighted by Gasteiger charge is 2.21. The predicted octanol–water partition coefficient (Wildman–Crippen LogP) is 3.12. The maximum Gasteiger partial charge on any atom is 0.119 e. The minimum atomic E-state index is 0.346. The molecule has 1 aliphatic heterocycles. The van der Waals surface area contributed by atoms with Crippen LogP contribution in [0, 0.1) is 0 Å². The molecule has 21 heavy (non-hydrogen) atoms. The molecular formula is C17H23N3O. The van der Waals surface area contributed by atoms with Crippen LogP contribution in [0.4, 0.5) is 0 Å². The summed E-state index contributed by atoms with van der Waals surface area (Å²) in [6.45, 7) is 6.79. The lowest BCUT2D eigenvalue weighted by atomic mass is 10.1. The van der Waals surface area contributed by atoms with E-state index in [1.165, 1.54) is 0 Å². The van der Waals surface area contributed by atoms with Crippen LogP contribution in [-0.2, 0) is 0 Å². The second kappa shape index (κ2) is 6.31. The van der Waals surface area contributed by atoms with E-state index in [0.29, 0.717) is 12.1 Å². The number of hydrogen-bond acceptors (Lipinski definition) is 3. The quantitative estimate of drug-likeness (QED) is 0.864. The molecule has 2 heterocycles. The summed E-state index contributed by atoms with van der Waals surface area (Å²) in [5.41, 5.74) is 1.11. The van der Waals surface area contributed by atoms with Gasteiger partial charge in [-0.2, -0.15) is 0 Å². The van der Waals surface area contributed by atoms with Crippen LogP contribution < -0.4 is 4.74 Å². The van der Waals surface area contributed by atoms with Gasteiger partial charge in [-0.15, -0.1) is 0 Å². The summed E-state index contributed by atoms with van der Waals surface area (Å²) in [7, 11) is 0. The van der Waals surface area contributed by atoms with Gasteiger partial charge in [0.05, 0.1) is 6.33 Å². The summed E-state index contributed by atoms with van der Waals surface area (Å²) < 4.78 is 8.10. The molecule has 4 nitrogen and oxygen atoms in total. The Labute approximate surface area is 126 Å². The number of nitrogens with zero attached hydrogens (tertiary/aromatic N) is 3. The maximum atomic E-state index is 6.10. The Bertz CT molecular complexity index is 540. The summed E-state index contributed by atoms with van der Waals surface area (Å²) in [5.74, 6) is 0.960. The van der Waals surface area contributed by atoms with Crippen LogP contribution in [-0.4, -0.2) is 39.7 Å². The molecule has 3 rings (SSSR count). The third kappa shape index (κ3) is 3.45. The molecule has 112 valence electrons. The molecule has 1 fully saturated rings. The molecule has 0 radical (unpaired) electrons. The van der Waals surface area contributed by atoms with Gasteiger partial charge in [0.25, 0.3) is 0 Å². The van der Waals surface area contributed by atoms with Crippen molar-refractivity contribution in [3.63, 3.8) is 0 Å². The fourth-order valence-corrected chi connectivity index (χ4v) is 2.81. The number of rotatable bonds is 4.